The number of hydrogen-bond donors (Lipinski definition) is 1. The molecule has 0 bridgehead atoms. The van der Waals surface area contributed by atoms with Gasteiger partial charge in [-0.2, -0.15) is 4.39 Å². The van der Waals surface area contributed by atoms with Gasteiger partial charge in [0, 0.05) is 11.6 Å². The predicted octanol–water partition coefficient (Wildman–Crippen LogP) is 2.39. The van der Waals surface area contributed by atoms with Gasteiger partial charge in [0.2, 0.25) is 16.0 Å². The maximum absolute atomic E-state index is 13.7. The highest BCUT2D eigenvalue weighted by molar-refractivity contribution is 7.89. The van der Waals surface area contributed by atoms with Gasteiger partial charge in [0.25, 0.3) is 0 Å². The van der Waals surface area contributed by atoms with Crippen LogP contribution < -0.4 is 4.72 Å². The van der Waals surface area contributed by atoms with Gasteiger partial charge in [-0.1, -0.05) is 16.8 Å². The summed E-state index contributed by atoms with van der Waals surface area (Å²) in [5.41, 5.74) is 1.52. The summed E-state index contributed by atoms with van der Waals surface area (Å²) in [5.74, 6) is -0.507. The zero-order valence-electron chi connectivity index (χ0n) is 12.2. The summed E-state index contributed by atoms with van der Waals surface area (Å²) in [7, 11) is -4.03. The smallest absolute Gasteiger partial charge is 0.245 e. The summed E-state index contributed by atoms with van der Waals surface area (Å²) < 4.78 is 45.5. The second kappa shape index (κ2) is 6.31. The molecule has 2 aromatic rings. The number of aryl methyl sites for hydroxylation is 2. The first kappa shape index (κ1) is 16.9. The zero-order valence-corrected chi connectivity index (χ0v) is 13.8. The molecule has 0 aliphatic carbocycles. The number of nitrogens with zero attached hydrogens (tertiary/aromatic N) is 2. The van der Waals surface area contributed by atoms with E-state index in [1.54, 1.807) is 20.8 Å². The Balaban J connectivity index is 2.18. The average molecular weight is 348 g/mol. The van der Waals surface area contributed by atoms with E-state index in [0.717, 1.165) is 11.6 Å². The van der Waals surface area contributed by atoms with E-state index in [4.69, 9.17) is 16.1 Å². The second-order valence-electron chi connectivity index (χ2n) is 4.95. The van der Waals surface area contributed by atoms with Crippen LogP contribution >= 0.6 is 11.6 Å². The van der Waals surface area contributed by atoms with E-state index in [1.165, 1.54) is 6.07 Å². The van der Waals surface area contributed by atoms with Gasteiger partial charge in [0.05, 0.1) is 5.69 Å². The van der Waals surface area contributed by atoms with E-state index in [1.807, 2.05) is 0 Å². The summed E-state index contributed by atoms with van der Waals surface area (Å²) in [6, 6.07) is 1.82. The topological polar surface area (TPSA) is 85.1 Å². The lowest BCUT2D eigenvalue weighted by Crippen LogP contribution is -2.35. The standard InChI is InChI=1S/C13H15ClFN3O3S/c1-7(6-10-8(2)17-21-9(10)3)18-22(19,20)11-4-5-12(14)16-13(11)15/h4-5,7,18H,6H2,1-3H3. The number of halogens is 2. The quantitative estimate of drug-likeness (QED) is 0.839. The van der Waals surface area contributed by atoms with E-state index >= 15 is 0 Å². The van der Waals surface area contributed by atoms with Crippen molar-refractivity contribution in [2.45, 2.75) is 38.1 Å². The van der Waals surface area contributed by atoms with E-state index in [-0.39, 0.29) is 5.15 Å². The Bertz CT molecular complexity index is 772. The lowest BCUT2D eigenvalue weighted by Gasteiger charge is -2.14. The molecule has 0 fully saturated rings. The van der Waals surface area contributed by atoms with E-state index in [9.17, 15) is 12.8 Å². The maximum Gasteiger partial charge on any atom is 0.245 e. The number of aromatic nitrogens is 2. The lowest BCUT2D eigenvalue weighted by molar-refractivity contribution is 0.392. The van der Waals surface area contributed by atoms with Crippen LogP contribution in [0.1, 0.15) is 23.9 Å². The van der Waals surface area contributed by atoms with Crippen molar-refractivity contribution in [2.24, 2.45) is 0 Å². The van der Waals surface area contributed by atoms with Crippen molar-refractivity contribution in [3.05, 3.63) is 40.3 Å². The van der Waals surface area contributed by atoms with E-state index < -0.39 is 26.9 Å². The van der Waals surface area contributed by atoms with E-state index in [2.05, 4.69) is 14.9 Å². The Hall–Kier alpha value is -1.51. The van der Waals surface area contributed by atoms with Gasteiger partial charge in [0.1, 0.15) is 15.8 Å². The number of nitrogens with one attached hydrogen (secondary N) is 1. The molecule has 9 heteroatoms. The van der Waals surface area contributed by atoms with Crippen molar-refractivity contribution in [1.29, 1.82) is 0 Å². The van der Waals surface area contributed by atoms with Crippen LogP contribution in [0.5, 0.6) is 0 Å². The van der Waals surface area contributed by atoms with Crippen molar-refractivity contribution in [1.82, 2.24) is 14.9 Å². The number of pyridine rings is 1. The van der Waals surface area contributed by atoms with Gasteiger partial charge in [-0.3, -0.25) is 0 Å². The second-order valence-corrected chi connectivity index (χ2v) is 7.02. The van der Waals surface area contributed by atoms with Crippen molar-refractivity contribution in [2.75, 3.05) is 0 Å². The predicted molar refractivity (Wildman–Crippen MR) is 78.7 cm³/mol. The SMILES string of the molecule is Cc1noc(C)c1CC(C)NS(=O)(=O)c1ccc(Cl)nc1F. The first-order valence-electron chi connectivity index (χ1n) is 6.47. The molecule has 120 valence electrons. The van der Waals surface area contributed by atoms with Crippen molar-refractivity contribution in [3.63, 3.8) is 0 Å². The molecular formula is C13H15ClFN3O3S. The molecule has 0 saturated heterocycles. The molecule has 0 aliphatic rings. The highest BCUT2D eigenvalue weighted by atomic mass is 35.5. The molecule has 0 radical (unpaired) electrons. The summed E-state index contributed by atoms with van der Waals surface area (Å²) in [5, 5.41) is 3.70. The molecule has 0 spiro atoms. The molecule has 0 aliphatic heterocycles. The third kappa shape index (κ3) is 3.63. The molecule has 0 saturated carbocycles. The normalized spacial score (nSPS) is 13.3. The summed E-state index contributed by atoms with van der Waals surface area (Å²) in [6.07, 6.45) is 0.378. The minimum atomic E-state index is -4.03. The van der Waals surface area contributed by atoms with Gasteiger partial charge < -0.3 is 4.52 Å². The molecule has 6 nitrogen and oxygen atoms in total. The fourth-order valence-corrected chi connectivity index (χ4v) is 3.46. The van der Waals surface area contributed by atoms with E-state index in [0.29, 0.717) is 17.9 Å². The van der Waals surface area contributed by atoms with Crippen LogP contribution in [-0.4, -0.2) is 24.6 Å². The lowest BCUT2D eigenvalue weighted by atomic mass is 10.1. The molecule has 2 heterocycles. The van der Waals surface area contributed by atoms with Crippen LogP contribution in [-0.2, 0) is 16.4 Å². The van der Waals surface area contributed by atoms with Crippen LogP contribution in [0.3, 0.4) is 0 Å². The third-order valence-electron chi connectivity index (χ3n) is 3.12. The summed E-state index contributed by atoms with van der Waals surface area (Å²) >= 11 is 5.52. The van der Waals surface area contributed by atoms with Crippen LogP contribution in [0, 0.1) is 19.8 Å². The molecular weight excluding hydrogens is 333 g/mol. The minimum Gasteiger partial charge on any atom is -0.361 e. The third-order valence-corrected chi connectivity index (χ3v) is 4.92. The molecule has 22 heavy (non-hydrogen) atoms. The van der Waals surface area contributed by atoms with Crippen molar-refractivity contribution >= 4 is 21.6 Å². The molecule has 1 N–H and O–H groups in total. The van der Waals surface area contributed by atoms with Crippen LogP contribution in [0.2, 0.25) is 5.15 Å². The van der Waals surface area contributed by atoms with Crippen LogP contribution in [0.15, 0.2) is 21.6 Å². The molecule has 0 amide bonds. The number of rotatable bonds is 5. The van der Waals surface area contributed by atoms with Gasteiger partial charge in [-0.15, -0.1) is 0 Å². The van der Waals surface area contributed by atoms with Crippen LogP contribution in [0.25, 0.3) is 0 Å². The molecule has 0 aromatic carbocycles. The van der Waals surface area contributed by atoms with Gasteiger partial charge in [-0.25, -0.2) is 18.1 Å². The molecule has 1 unspecified atom stereocenters. The maximum atomic E-state index is 13.7. The average Bonchev–Trinajstić information content (AvgIpc) is 2.69. The van der Waals surface area contributed by atoms with Crippen molar-refractivity contribution in [3.8, 4) is 0 Å². The summed E-state index contributed by atoms with van der Waals surface area (Å²) in [6.45, 7) is 5.19. The summed E-state index contributed by atoms with van der Waals surface area (Å²) in [4.78, 5) is 2.77. The van der Waals surface area contributed by atoms with Crippen molar-refractivity contribution < 1.29 is 17.3 Å². The Morgan fingerprint density at radius 2 is 2.09 bits per heavy atom. The number of sulfonamides is 1. The molecule has 2 aromatic heterocycles. The van der Waals surface area contributed by atoms with Gasteiger partial charge >= 0.3 is 0 Å². The molecule has 2 rings (SSSR count). The van der Waals surface area contributed by atoms with Gasteiger partial charge in [0.15, 0.2) is 0 Å². The van der Waals surface area contributed by atoms with Gasteiger partial charge in [-0.05, 0) is 39.3 Å². The molecule has 1 atom stereocenters. The largest absolute Gasteiger partial charge is 0.361 e. The zero-order chi connectivity index (χ0) is 16.5. The first-order valence-corrected chi connectivity index (χ1v) is 8.33. The monoisotopic (exact) mass is 347 g/mol. The Kier molecular flexibility index (Phi) is 4.84. The fourth-order valence-electron chi connectivity index (χ4n) is 2.07. The number of hydrogen-bond acceptors (Lipinski definition) is 5. The highest BCUT2D eigenvalue weighted by Crippen LogP contribution is 2.18. The Morgan fingerprint density at radius 3 is 2.64 bits per heavy atom. The first-order chi connectivity index (χ1) is 10.2. The minimum absolute atomic E-state index is 0.111. The van der Waals surface area contributed by atoms with Crippen LogP contribution in [0.4, 0.5) is 4.39 Å². The highest BCUT2D eigenvalue weighted by Gasteiger charge is 2.23. The Labute approximate surface area is 132 Å². The fraction of sp³-hybridized carbons (Fsp3) is 0.385. The Morgan fingerprint density at radius 1 is 1.41 bits per heavy atom.